The second-order valence-corrected chi connectivity index (χ2v) is 3.65. The van der Waals surface area contributed by atoms with Crippen LogP contribution in [0.5, 0.6) is 17.2 Å². The van der Waals surface area contributed by atoms with Gasteiger partial charge in [-0.3, -0.25) is 0 Å². The van der Waals surface area contributed by atoms with Crippen LogP contribution in [0.15, 0.2) is 42.5 Å². The van der Waals surface area contributed by atoms with Gasteiger partial charge in [0.1, 0.15) is 5.75 Å². The van der Waals surface area contributed by atoms with Crippen LogP contribution in [0, 0.1) is 11.3 Å². The van der Waals surface area contributed by atoms with Crippen LogP contribution >= 0.6 is 0 Å². The lowest BCUT2D eigenvalue weighted by molar-refractivity contribution is 0.379. The van der Waals surface area contributed by atoms with Crippen molar-refractivity contribution in [2.75, 3.05) is 12.8 Å². The molecule has 0 unspecified atom stereocenters. The molecule has 0 amide bonds. The first kappa shape index (κ1) is 11.8. The number of methoxy groups -OCH3 is 1. The summed E-state index contributed by atoms with van der Waals surface area (Å²) in [5.74, 6) is 1.74. The molecular formula is C14H12N2O2. The summed E-state index contributed by atoms with van der Waals surface area (Å²) in [5.41, 5.74) is 6.80. The summed E-state index contributed by atoms with van der Waals surface area (Å²) in [5, 5.41) is 8.81. The topological polar surface area (TPSA) is 68.3 Å². The number of rotatable bonds is 3. The minimum Gasteiger partial charge on any atom is -0.493 e. The highest BCUT2D eigenvalue weighted by atomic mass is 16.5. The van der Waals surface area contributed by atoms with E-state index < -0.39 is 0 Å². The molecule has 2 rings (SSSR count). The summed E-state index contributed by atoms with van der Waals surface area (Å²) in [6.07, 6.45) is 0. The maximum absolute atomic E-state index is 8.81. The SMILES string of the molecule is COc1cc(C#N)ccc1Oc1ccc(N)cc1. The number of nitrogens with zero attached hydrogens (tertiary/aromatic N) is 1. The Labute approximate surface area is 105 Å². The molecule has 0 fully saturated rings. The third kappa shape index (κ3) is 2.53. The zero-order valence-electron chi connectivity index (χ0n) is 9.88. The molecule has 0 aliphatic carbocycles. The molecule has 0 saturated heterocycles. The summed E-state index contributed by atoms with van der Waals surface area (Å²) in [4.78, 5) is 0. The molecule has 2 aromatic carbocycles. The second-order valence-electron chi connectivity index (χ2n) is 3.65. The Morgan fingerprint density at radius 2 is 1.78 bits per heavy atom. The Morgan fingerprint density at radius 1 is 1.06 bits per heavy atom. The summed E-state index contributed by atoms with van der Waals surface area (Å²) in [6.45, 7) is 0. The van der Waals surface area contributed by atoms with Gasteiger partial charge in [0.05, 0.1) is 18.7 Å². The maximum Gasteiger partial charge on any atom is 0.169 e. The van der Waals surface area contributed by atoms with Crippen molar-refractivity contribution < 1.29 is 9.47 Å². The van der Waals surface area contributed by atoms with E-state index in [9.17, 15) is 0 Å². The van der Waals surface area contributed by atoms with Crippen molar-refractivity contribution in [3.8, 4) is 23.3 Å². The molecule has 18 heavy (non-hydrogen) atoms. The average molecular weight is 240 g/mol. The Kier molecular flexibility index (Phi) is 3.35. The summed E-state index contributed by atoms with van der Waals surface area (Å²) >= 11 is 0. The largest absolute Gasteiger partial charge is 0.493 e. The number of hydrogen-bond donors (Lipinski definition) is 1. The van der Waals surface area contributed by atoms with Crippen molar-refractivity contribution in [2.24, 2.45) is 0 Å². The molecule has 0 aliphatic heterocycles. The number of benzene rings is 2. The number of anilines is 1. The third-order valence-corrected chi connectivity index (χ3v) is 2.40. The molecule has 4 nitrogen and oxygen atoms in total. The van der Waals surface area contributed by atoms with Gasteiger partial charge < -0.3 is 15.2 Å². The number of nitrogens with two attached hydrogens (primary N) is 1. The van der Waals surface area contributed by atoms with Crippen molar-refractivity contribution in [1.82, 2.24) is 0 Å². The van der Waals surface area contributed by atoms with Gasteiger partial charge in [-0.25, -0.2) is 0 Å². The molecular weight excluding hydrogens is 228 g/mol. The van der Waals surface area contributed by atoms with Crippen molar-refractivity contribution >= 4 is 5.69 Å². The van der Waals surface area contributed by atoms with E-state index in [0.29, 0.717) is 28.5 Å². The van der Waals surface area contributed by atoms with Crippen LogP contribution in [-0.2, 0) is 0 Å². The van der Waals surface area contributed by atoms with Gasteiger partial charge >= 0.3 is 0 Å². The first-order chi connectivity index (χ1) is 8.72. The molecule has 90 valence electrons. The predicted octanol–water partition coefficient (Wildman–Crippen LogP) is 2.94. The highest BCUT2D eigenvalue weighted by Gasteiger charge is 2.06. The normalized spacial score (nSPS) is 9.56. The highest BCUT2D eigenvalue weighted by molar-refractivity contribution is 5.49. The van der Waals surface area contributed by atoms with Gasteiger partial charge in [-0.2, -0.15) is 5.26 Å². The van der Waals surface area contributed by atoms with E-state index in [4.69, 9.17) is 20.5 Å². The van der Waals surface area contributed by atoms with E-state index in [1.807, 2.05) is 6.07 Å². The number of nitrogen functional groups attached to an aromatic ring is 1. The molecule has 0 aromatic heterocycles. The minimum atomic E-state index is 0.519. The minimum absolute atomic E-state index is 0.519. The fraction of sp³-hybridized carbons (Fsp3) is 0.0714. The molecule has 0 aliphatic rings. The van der Waals surface area contributed by atoms with Crippen LogP contribution in [0.3, 0.4) is 0 Å². The zero-order valence-corrected chi connectivity index (χ0v) is 9.88. The molecule has 0 radical (unpaired) electrons. The van der Waals surface area contributed by atoms with Gasteiger partial charge in [-0.05, 0) is 36.4 Å². The van der Waals surface area contributed by atoms with Gasteiger partial charge in [-0.15, -0.1) is 0 Å². The van der Waals surface area contributed by atoms with Crippen molar-refractivity contribution in [1.29, 1.82) is 5.26 Å². The molecule has 0 saturated carbocycles. The van der Waals surface area contributed by atoms with Crippen LogP contribution in [0.25, 0.3) is 0 Å². The lowest BCUT2D eigenvalue weighted by atomic mass is 10.2. The summed E-state index contributed by atoms with van der Waals surface area (Å²) in [6, 6.07) is 14.1. The van der Waals surface area contributed by atoms with E-state index in [2.05, 4.69) is 0 Å². The number of hydrogen-bond acceptors (Lipinski definition) is 4. The van der Waals surface area contributed by atoms with E-state index in [0.717, 1.165) is 0 Å². The third-order valence-electron chi connectivity index (χ3n) is 2.40. The number of nitriles is 1. The molecule has 0 heterocycles. The van der Waals surface area contributed by atoms with Gasteiger partial charge in [0.2, 0.25) is 0 Å². The van der Waals surface area contributed by atoms with Crippen LogP contribution < -0.4 is 15.2 Å². The Bertz CT molecular complexity index is 586. The maximum atomic E-state index is 8.81. The van der Waals surface area contributed by atoms with E-state index >= 15 is 0 Å². The fourth-order valence-electron chi connectivity index (χ4n) is 1.48. The van der Waals surface area contributed by atoms with E-state index in [1.54, 1.807) is 42.5 Å². The van der Waals surface area contributed by atoms with Crippen molar-refractivity contribution in [2.45, 2.75) is 0 Å². The fourth-order valence-corrected chi connectivity index (χ4v) is 1.48. The van der Waals surface area contributed by atoms with E-state index in [1.165, 1.54) is 7.11 Å². The molecule has 2 N–H and O–H groups in total. The van der Waals surface area contributed by atoms with Gasteiger partial charge in [0, 0.05) is 11.8 Å². The molecule has 4 heteroatoms. The lowest BCUT2D eigenvalue weighted by Crippen LogP contribution is -1.91. The van der Waals surface area contributed by atoms with Crippen LogP contribution in [0.4, 0.5) is 5.69 Å². The van der Waals surface area contributed by atoms with Crippen molar-refractivity contribution in [3.05, 3.63) is 48.0 Å². The Hall–Kier alpha value is -2.67. The Morgan fingerprint density at radius 3 is 2.39 bits per heavy atom. The highest BCUT2D eigenvalue weighted by Crippen LogP contribution is 2.32. The number of ether oxygens (including phenoxy) is 2. The van der Waals surface area contributed by atoms with Crippen LogP contribution in [-0.4, -0.2) is 7.11 Å². The molecule has 0 atom stereocenters. The van der Waals surface area contributed by atoms with Gasteiger partial charge in [0.15, 0.2) is 11.5 Å². The molecule has 0 spiro atoms. The first-order valence-corrected chi connectivity index (χ1v) is 5.34. The molecule has 2 aromatic rings. The first-order valence-electron chi connectivity index (χ1n) is 5.34. The predicted molar refractivity (Wildman–Crippen MR) is 68.6 cm³/mol. The van der Waals surface area contributed by atoms with Crippen LogP contribution in [0.2, 0.25) is 0 Å². The zero-order chi connectivity index (χ0) is 13.0. The quantitative estimate of drug-likeness (QED) is 0.837. The summed E-state index contributed by atoms with van der Waals surface area (Å²) in [7, 11) is 1.53. The van der Waals surface area contributed by atoms with Crippen molar-refractivity contribution in [3.63, 3.8) is 0 Å². The Balaban J connectivity index is 2.29. The second kappa shape index (κ2) is 5.11. The lowest BCUT2D eigenvalue weighted by Gasteiger charge is -2.10. The van der Waals surface area contributed by atoms with Crippen LogP contribution in [0.1, 0.15) is 5.56 Å². The monoisotopic (exact) mass is 240 g/mol. The van der Waals surface area contributed by atoms with Gasteiger partial charge in [-0.1, -0.05) is 0 Å². The van der Waals surface area contributed by atoms with E-state index in [-0.39, 0.29) is 0 Å². The standard InChI is InChI=1S/C14H12N2O2/c1-17-14-8-10(9-15)2-7-13(14)18-12-5-3-11(16)4-6-12/h2-8H,16H2,1H3. The summed E-state index contributed by atoms with van der Waals surface area (Å²) < 4.78 is 10.8. The smallest absolute Gasteiger partial charge is 0.169 e. The molecule has 0 bridgehead atoms. The van der Waals surface area contributed by atoms with Gasteiger partial charge in [0.25, 0.3) is 0 Å². The average Bonchev–Trinajstić information content (AvgIpc) is 2.41.